The first-order chi connectivity index (χ1) is 7.77. The average molecular weight is 209 g/mol. The first-order valence-electron chi connectivity index (χ1n) is 4.92. The predicted octanol–water partition coefficient (Wildman–Crippen LogP) is 2.01. The molecule has 0 spiro atoms. The Hall–Kier alpha value is -2.29. The van der Waals surface area contributed by atoms with Crippen LogP contribution in [0.4, 0.5) is 0 Å². The topological polar surface area (TPSA) is 47.0 Å². The van der Waals surface area contributed by atoms with E-state index in [1.807, 2.05) is 18.2 Å². The van der Waals surface area contributed by atoms with Gasteiger partial charge in [0.1, 0.15) is 0 Å². The van der Waals surface area contributed by atoms with Crippen LogP contribution >= 0.6 is 0 Å². The van der Waals surface area contributed by atoms with Gasteiger partial charge >= 0.3 is 0 Å². The Balaban J connectivity index is 2.43. The third kappa shape index (κ3) is 1.11. The summed E-state index contributed by atoms with van der Waals surface area (Å²) < 4.78 is 0. The normalized spacial score (nSPS) is 14.2. The quantitative estimate of drug-likeness (QED) is 0.623. The molecule has 1 aliphatic rings. The van der Waals surface area contributed by atoms with E-state index in [0.29, 0.717) is 5.56 Å². The van der Waals surface area contributed by atoms with Crippen molar-refractivity contribution in [1.82, 2.24) is 4.98 Å². The number of pyridine rings is 1. The van der Waals surface area contributed by atoms with Crippen molar-refractivity contribution in [3.63, 3.8) is 0 Å². The van der Waals surface area contributed by atoms with Crippen molar-refractivity contribution < 1.29 is 9.59 Å². The molecule has 0 bridgehead atoms. The number of Topliss-reactive ketones (excluding diaryl/α,β-unsaturated/α-hetero) is 1. The van der Waals surface area contributed by atoms with Crippen LogP contribution in [0, 0.1) is 0 Å². The Morgan fingerprint density at radius 3 is 2.75 bits per heavy atom. The van der Waals surface area contributed by atoms with Crippen LogP contribution in [0.1, 0.15) is 15.9 Å². The van der Waals surface area contributed by atoms with Gasteiger partial charge in [-0.3, -0.25) is 14.6 Å². The molecule has 2 aromatic rings. The van der Waals surface area contributed by atoms with Gasteiger partial charge in [0.2, 0.25) is 11.6 Å². The van der Waals surface area contributed by atoms with E-state index in [1.54, 1.807) is 18.3 Å². The fourth-order valence-corrected chi connectivity index (χ4v) is 1.90. The summed E-state index contributed by atoms with van der Waals surface area (Å²) >= 11 is 0. The van der Waals surface area contributed by atoms with Crippen LogP contribution in [0.5, 0.6) is 0 Å². The molecule has 0 atom stereocenters. The largest absolute Gasteiger partial charge is 0.286 e. The van der Waals surface area contributed by atoms with Gasteiger partial charge in [-0.15, -0.1) is 0 Å². The van der Waals surface area contributed by atoms with E-state index in [2.05, 4.69) is 4.98 Å². The highest BCUT2D eigenvalue weighted by atomic mass is 16.2. The molecular weight excluding hydrogens is 202 g/mol. The molecule has 0 fully saturated rings. The van der Waals surface area contributed by atoms with Crippen LogP contribution in [0.2, 0.25) is 0 Å². The molecule has 0 saturated carbocycles. The SMILES string of the molecule is O=C1C=Cc2c(ccc3cccnc23)C1=O. The molecule has 3 heteroatoms. The van der Waals surface area contributed by atoms with Gasteiger partial charge in [-0.05, 0) is 24.3 Å². The molecule has 0 N–H and O–H groups in total. The Morgan fingerprint density at radius 2 is 1.88 bits per heavy atom. The molecule has 0 saturated heterocycles. The van der Waals surface area contributed by atoms with Crippen molar-refractivity contribution in [3.8, 4) is 0 Å². The highest BCUT2D eigenvalue weighted by Gasteiger charge is 2.22. The number of benzene rings is 1. The van der Waals surface area contributed by atoms with E-state index in [-0.39, 0.29) is 0 Å². The lowest BCUT2D eigenvalue weighted by molar-refractivity contribution is -0.110. The van der Waals surface area contributed by atoms with Crippen molar-refractivity contribution in [3.05, 3.63) is 47.7 Å². The highest BCUT2D eigenvalue weighted by Crippen LogP contribution is 2.25. The first kappa shape index (κ1) is 8.97. The van der Waals surface area contributed by atoms with Crippen LogP contribution in [-0.4, -0.2) is 16.6 Å². The Bertz CT molecular complexity index is 656. The summed E-state index contributed by atoms with van der Waals surface area (Å²) in [7, 11) is 0. The minimum absolute atomic E-state index is 0.443. The van der Waals surface area contributed by atoms with Crippen LogP contribution in [0.25, 0.3) is 17.0 Å². The maximum Gasteiger partial charge on any atom is 0.233 e. The summed E-state index contributed by atoms with van der Waals surface area (Å²) in [6, 6.07) is 7.26. The number of aromatic nitrogens is 1. The molecule has 0 unspecified atom stereocenters. The minimum atomic E-state index is -0.470. The number of fused-ring (bicyclic) bond motifs is 3. The van der Waals surface area contributed by atoms with Gasteiger partial charge in [0, 0.05) is 22.7 Å². The smallest absolute Gasteiger partial charge is 0.233 e. The zero-order chi connectivity index (χ0) is 11.1. The van der Waals surface area contributed by atoms with E-state index in [1.165, 1.54) is 6.08 Å². The number of hydrogen-bond acceptors (Lipinski definition) is 3. The van der Waals surface area contributed by atoms with Gasteiger partial charge in [0.25, 0.3) is 0 Å². The second kappa shape index (κ2) is 3.10. The van der Waals surface area contributed by atoms with E-state index >= 15 is 0 Å². The van der Waals surface area contributed by atoms with Gasteiger partial charge < -0.3 is 0 Å². The molecule has 1 heterocycles. The summed E-state index contributed by atoms with van der Waals surface area (Å²) in [4.78, 5) is 27.1. The molecule has 1 aromatic carbocycles. The number of rotatable bonds is 0. The third-order valence-electron chi connectivity index (χ3n) is 2.68. The van der Waals surface area contributed by atoms with E-state index in [0.717, 1.165) is 16.5 Å². The van der Waals surface area contributed by atoms with E-state index in [4.69, 9.17) is 0 Å². The molecule has 3 rings (SSSR count). The molecule has 1 aromatic heterocycles. The van der Waals surface area contributed by atoms with Crippen LogP contribution in [0.3, 0.4) is 0 Å². The lowest BCUT2D eigenvalue weighted by Gasteiger charge is -2.10. The lowest BCUT2D eigenvalue weighted by atomic mass is 9.93. The predicted molar refractivity (Wildman–Crippen MR) is 60.1 cm³/mol. The number of carbonyl (C=O) groups excluding carboxylic acids is 2. The zero-order valence-electron chi connectivity index (χ0n) is 8.31. The van der Waals surface area contributed by atoms with E-state index < -0.39 is 11.6 Å². The standard InChI is InChI=1S/C13H7NO2/c15-11-6-5-9-10(13(11)16)4-3-8-2-1-7-14-12(8)9/h1-7H. The number of hydrogen-bond donors (Lipinski definition) is 0. The maximum absolute atomic E-state index is 11.6. The van der Waals surface area contributed by atoms with Gasteiger partial charge in [0.15, 0.2) is 0 Å². The second-order valence-electron chi connectivity index (χ2n) is 3.63. The second-order valence-corrected chi connectivity index (χ2v) is 3.63. The zero-order valence-corrected chi connectivity index (χ0v) is 8.31. The summed E-state index contributed by atoms with van der Waals surface area (Å²) in [5, 5.41) is 0.966. The Morgan fingerprint density at radius 1 is 1.00 bits per heavy atom. The molecule has 0 aliphatic heterocycles. The van der Waals surface area contributed by atoms with Crippen molar-refractivity contribution in [2.45, 2.75) is 0 Å². The molecule has 0 amide bonds. The summed E-state index contributed by atoms with van der Waals surface area (Å²) in [5.74, 6) is -0.923. The molecule has 16 heavy (non-hydrogen) atoms. The van der Waals surface area contributed by atoms with Crippen molar-refractivity contribution in [1.29, 1.82) is 0 Å². The summed E-state index contributed by atoms with van der Waals surface area (Å²) in [6.07, 6.45) is 4.64. The van der Waals surface area contributed by atoms with Gasteiger partial charge in [0.05, 0.1) is 5.52 Å². The lowest BCUT2D eigenvalue weighted by Crippen LogP contribution is -2.16. The molecular formula is C13H7NO2. The number of ketones is 2. The monoisotopic (exact) mass is 209 g/mol. The molecule has 1 aliphatic carbocycles. The van der Waals surface area contributed by atoms with Crippen LogP contribution in [-0.2, 0) is 4.79 Å². The molecule has 0 radical (unpaired) electrons. The van der Waals surface area contributed by atoms with Gasteiger partial charge in [-0.2, -0.15) is 0 Å². The van der Waals surface area contributed by atoms with Gasteiger partial charge in [-0.25, -0.2) is 0 Å². The van der Waals surface area contributed by atoms with Crippen molar-refractivity contribution >= 4 is 28.5 Å². The summed E-state index contributed by atoms with van der Waals surface area (Å²) in [5.41, 5.74) is 1.94. The number of nitrogens with zero attached hydrogens (tertiary/aromatic N) is 1. The number of allylic oxidation sites excluding steroid dienone is 1. The van der Waals surface area contributed by atoms with Gasteiger partial charge in [-0.1, -0.05) is 12.1 Å². The van der Waals surface area contributed by atoms with Crippen LogP contribution in [0.15, 0.2) is 36.5 Å². The van der Waals surface area contributed by atoms with Crippen molar-refractivity contribution in [2.75, 3.05) is 0 Å². The fourth-order valence-electron chi connectivity index (χ4n) is 1.90. The average Bonchev–Trinajstić information content (AvgIpc) is 2.33. The Kier molecular flexibility index (Phi) is 1.74. The Labute approximate surface area is 91.4 Å². The highest BCUT2D eigenvalue weighted by molar-refractivity contribution is 6.50. The maximum atomic E-state index is 11.6. The van der Waals surface area contributed by atoms with E-state index in [9.17, 15) is 9.59 Å². The molecule has 3 nitrogen and oxygen atoms in total. The minimum Gasteiger partial charge on any atom is -0.286 e. The van der Waals surface area contributed by atoms with Crippen molar-refractivity contribution in [2.24, 2.45) is 0 Å². The molecule has 76 valence electrons. The number of carbonyl (C=O) groups is 2. The summed E-state index contributed by atoms with van der Waals surface area (Å²) in [6.45, 7) is 0. The fraction of sp³-hybridized carbons (Fsp3) is 0. The third-order valence-corrected chi connectivity index (χ3v) is 2.68. The van der Waals surface area contributed by atoms with Crippen LogP contribution < -0.4 is 0 Å². The first-order valence-corrected chi connectivity index (χ1v) is 4.92.